The van der Waals surface area contributed by atoms with Gasteiger partial charge in [-0.25, -0.2) is 23.7 Å². The summed E-state index contributed by atoms with van der Waals surface area (Å²) >= 11 is 0. The van der Waals surface area contributed by atoms with Gasteiger partial charge in [0.2, 0.25) is 17.8 Å². The van der Waals surface area contributed by atoms with Gasteiger partial charge in [0.1, 0.15) is 35.9 Å². The number of hydrogen-bond donors (Lipinski definition) is 2. The Morgan fingerprint density at radius 2 is 1.56 bits per heavy atom. The van der Waals surface area contributed by atoms with Crippen LogP contribution >= 0.6 is 0 Å². The molecule has 6 aliphatic rings. The number of nitrogens with zero attached hydrogens (tertiary/aromatic N) is 11. The Balaban J connectivity index is 0.654. The fraction of sp³-hybridized carbons (Fsp3) is 0.408. The minimum atomic E-state index is -4.25. The van der Waals surface area contributed by atoms with Crippen molar-refractivity contribution in [1.82, 2.24) is 43.8 Å². The van der Waals surface area contributed by atoms with E-state index >= 15 is 4.39 Å². The number of hydrogen-bond acceptors (Lipinski definition) is 16. The van der Waals surface area contributed by atoms with E-state index in [0.717, 1.165) is 98.8 Å². The number of carbonyl (C=O) groups is 4. The zero-order chi connectivity index (χ0) is 50.7. The summed E-state index contributed by atoms with van der Waals surface area (Å²) in [6.45, 7) is 7.64. The minimum absolute atomic E-state index is 0.0173. The molecule has 1 unspecified atom stereocenters. The number of carbonyl (C=O) groups excluding carboxylic acids is 4. The number of imide groups is 2. The minimum Gasteiger partial charge on any atom is -0.453 e. The number of benzene rings is 3. The number of piperidine rings is 2. The molecule has 0 bridgehead atoms. The summed E-state index contributed by atoms with van der Waals surface area (Å²) in [5.41, 5.74) is 0.923. The van der Waals surface area contributed by atoms with E-state index < -0.39 is 68.7 Å². The lowest BCUT2D eigenvalue weighted by atomic mass is 9.98. The molecule has 24 heteroatoms. The standard InChI is InChI=1S/C49H49F2N13O8S/c50-30-9-14-62(27-30)73(70,71)57-41-6-4-39(51)44(38(41)21-52)72-34-2-5-40-37(20-34)46(67)63(28-55-40)33-22-53-49(54-23-33)61-25-29(26-61)24-58-15-17-60(18-16-58)31-10-12-59(13-11-31)32-1-3-35-36(19-32)48(69)64(47(35)68)42-7-8-43(65)56-45(42)66/h1-6,19-20,22-23,28-31,42,57H,7-18,24-27H2,(H,56,65,66)/t30-,42?/m1/s1. The number of ether oxygens (including phenoxy) is 1. The molecule has 2 atom stereocenters. The smallest absolute Gasteiger partial charge is 0.301 e. The van der Waals surface area contributed by atoms with Crippen molar-refractivity contribution in [3.63, 3.8) is 0 Å². The first-order chi connectivity index (χ1) is 35.2. The van der Waals surface area contributed by atoms with Gasteiger partial charge >= 0.3 is 10.2 Å². The molecule has 0 saturated carbocycles. The largest absolute Gasteiger partial charge is 0.453 e. The third-order valence-corrected chi connectivity index (χ3v) is 16.2. The molecule has 6 aliphatic heterocycles. The maximum atomic E-state index is 15.2. The van der Waals surface area contributed by atoms with Gasteiger partial charge in [0.15, 0.2) is 11.6 Å². The number of halogens is 2. The second-order valence-electron chi connectivity index (χ2n) is 19.2. The van der Waals surface area contributed by atoms with Gasteiger partial charge in [-0.3, -0.25) is 48.4 Å². The van der Waals surface area contributed by atoms with E-state index in [4.69, 9.17) is 4.74 Å². The molecule has 378 valence electrons. The lowest BCUT2D eigenvalue weighted by Gasteiger charge is -2.46. The number of fused-ring (bicyclic) bond motifs is 2. The van der Waals surface area contributed by atoms with Crippen molar-refractivity contribution in [2.24, 2.45) is 5.92 Å². The first kappa shape index (κ1) is 47.8. The molecule has 2 N–H and O–H groups in total. The van der Waals surface area contributed by atoms with E-state index in [9.17, 15) is 42.0 Å². The van der Waals surface area contributed by atoms with Crippen LogP contribution in [0.25, 0.3) is 16.6 Å². The summed E-state index contributed by atoms with van der Waals surface area (Å²) in [5.74, 6) is -2.60. The number of anilines is 3. The van der Waals surface area contributed by atoms with Gasteiger partial charge in [0, 0.05) is 96.1 Å². The molecule has 8 heterocycles. The van der Waals surface area contributed by atoms with Crippen molar-refractivity contribution < 1.29 is 41.1 Å². The normalized spacial score (nSPS) is 21.6. The van der Waals surface area contributed by atoms with Gasteiger partial charge in [-0.15, -0.1) is 0 Å². The maximum absolute atomic E-state index is 15.2. The Morgan fingerprint density at radius 1 is 0.808 bits per heavy atom. The van der Waals surface area contributed by atoms with Gasteiger partial charge in [-0.05, 0) is 74.2 Å². The van der Waals surface area contributed by atoms with Crippen molar-refractivity contribution in [2.45, 2.75) is 50.4 Å². The molecule has 21 nitrogen and oxygen atoms in total. The van der Waals surface area contributed by atoms with E-state index in [-0.39, 0.29) is 60.3 Å². The average Bonchev–Trinajstić information content (AvgIpc) is 3.94. The van der Waals surface area contributed by atoms with E-state index in [1.54, 1.807) is 30.6 Å². The van der Waals surface area contributed by atoms with Crippen LogP contribution in [0, 0.1) is 23.1 Å². The van der Waals surface area contributed by atoms with Gasteiger partial charge in [0.25, 0.3) is 17.4 Å². The molecule has 5 fully saturated rings. The third-order valence-electron chi connectivity index (χ3n) is 14.7. The van der Waals surface area contributed by atoms with E-state index in [1.807, 2.05) is 6.07 Å². The topological polar surface area (TPSA) is 240 Å². The predicted octanol–water partition coefficient (Wildman–Crippen LogP) is 2.80. The number of aromatic nitrogens is 4. The molecule has 0 spiro atoms. The highest BCUT2D eigenvalue weighted by Crippen LogP contribution is 2.36. The fourth-order valence-corrected chi connectivity index (χ4v) is 12.0. The van der Waals surface area contributed by atoms with Gasteiger partial charge < -0.3 is 19.4 Å². The van der Waals surface area contributed by atoms with Gasteiger partial charge in [-0.2, -0.15) is 18.0 Å². The quantitative estimate of drug-likeness (QED) is 0.171. The molecule has 2 aromatic heterocycles. The highest BCUT2D eigenvalue weighted by Gasteiger charge is 2.45. The lowest BCUT2D eigenvalue weighted by molar-refractivity contribution is -0.136. The summed E-state index contributed by atoms with van der Waals surface area (Å²) in [4.78, 5) is 88.5. The molecule has 73 heavy (non-hydrogen) atoms. The number of nitriles is 1. The van der Waals surface area contributed by atoms with E-state index in [1.165, 1.54) is 29.1 Å². The van der Waals surface area contributed by atoms with Crippen molar-refractivity contribution in [2.75, 3.05) is 86.5 Å². The average molecular weight is 1020 g/mol. The maximum Gasteiger partial charge on any atom is 0.301 e. The first-order valence-corrected chi connectivity index (χ1v) is 25.6. The van der Waals surface area contributed by atoms with Crippen LogP contribution in [0.2, 0.25) is 0 Å². The van der Waals surface area contributed by atoms with Crippen LogP contribution in [0.4, 0.5) is 26.1 Å². The predicted molar refractivity (Wildman–Crippen MR) is 260 cm³/mol. The third kappa shape index (κ3) is 9.21. The summed E-state index contributed by atoms with van der Waals surface area (Å²) in [7, 11) is -4.25. The van der Waals surface area contributed by atoms with Crippen LogP contribution in [-0.2, 0) is 19.8 Å². The van der Waals surface area contributed by atoms with Gasteiger partial charge in [0.05, 0.1) is 45.8 Å². The molecular formula is C49H49F2N13O8S. The Hall–Kier alpha value is -7.46. The monoisotopic (exact) mass is 1020 g/mol. The second kappa shape index (κ2) is 19.2. The van der Waals surface area contributed by atoms with Crippen molar-refractivity contribution in [3.05, 3.63) is 100 Å². The Morgan fingerprint density at radius 3 is 2.27 bits per heavy atom. The van der Waals surface area contributed by atoms with Crippen molar-refractivity contribution >= 4 is 62.1 Å². The number of rotatable bonds is 12. The molecule has 3 aromatic carbocycles. The van der Waals surface area contributed by atoms with Crippen LogP contribution in [0.5, 0.6) is 11.5 Å². The summed E-state index contributed by atoms with van der Waals surface area (Å²) in [6.07, 6.45) is 5.28. The van der Waals surface area contributed by atoms with Crippen molar-refractivity contribution in [1.29, 1.82) is 5.26 Å². The molecule has 5 saturated heterocycles. The van der Waals surface area contributed by atoms with E-state index in [2.05, 4.69) is 44.6 Å². The Labute approximate surface area is 417 Å². The molecule has 0 radical (unpaired) electrons. The number of piperazine rings is 1. The van der Waals surface area contributed by atoms with E-state index in [0.29, 0.717) is 29.1 Å². The molecule has 0 aliphatic carbocycles. The SMILES string of the molecule is N#Cc1c(NS(=O)(=O)N2CC[C@@H](F)C2)ccc(F)c1Oc1ccc2ncn(-c3cnc(N4CC(CN5CCN(C6CCN(c7ccc8c(c7)C(=O)N(C7CCC(=O)NC7=O)C8=O)CC6)CC5)C4)nc3)c(=O)c2c1. The van der Waals surface area contributed by atoms with Gasteiger partial charge in [-0.1, -0.05) is 0 Å². The highest BCUT2D eigenvalue weighted by atomic mass is 32.2. The van der Waals surface area contributed by atoms with Crippen LogP contribution in [0.15, 0.2) is 72.0 Å². The highest BCUT2D eigenvalue weighted by molar-refractivity contribution is 7.90. The Kier molecular flexibility index (Phi) is 12.6. The summed E-state index contributed by atoms with van der Waals surface area (Å²) in [6, 6.07) is 12.8. The van der Waals surface area contributed by atoms with Crippen LogP contribution in [-0.4, -0.2) is 161 Å². The molecule has 4 amide bonds. The van der Waals surface area contributed by atoms with Crippen LogP contribution in [0.1, 0.15) is 58.4 Å². The first-order valence-electron chi connectivity index (χ1n) is 24.2. The fourth-order valence-electron chi connectivity index (χ4n) is 10.7. The summed E-state index contributed by atoms with van der Waals surface area (Å²) in [5, 5.41) is 12.3. The van der Waals surface area contributed by atoms with Crippen LogP contribution in [0.3, 0.4) is 0 Å². The number of alkyl halides is 1. The molecule has 5 aromatic rings. The zero-order valence-corrected chi connectivity index (χ0v) is 40.1. The Bertz CT molecular complexity index is 3280. The number of nitrogens with one attached hydrogen (secondary N) is 2. The molecular weight excluding hydrogens is 969 g/mol. The second-order valence-corrected chi connectivity index (χ2v) is 20.9. The van der Waals surface area contributed by atoms with Crippen molar-refractivity contribution in [3.8, 4) is 23.3 Å². The number of amides is 4. The molecule has 11 rings (SSSR count). The van der Waals surface area contributed by atoms with Crippen LogP contribution < -0.4 is 30.1 Å². The summed E-state index contributed by atoms with van der Waals surface area (Å²) < 4.78 is 65.0. The lowest BCUT2D eigenvalue weighted by Crippen LogP contribution is -2.57. The zero-order valence-electron chi connectivity index (χ0n) is 39.3.